The number of nitrogens with zero attached hydrogens (tertiary/aromatic N) is 1. The highest BCUT2D eigenvalue weighted by Gasteiger charge is 2.09. The number of hydrogen-bond donors (Lipinski definition) is 0. The second kappa shape index (κ2) is 6.53. The molecule has 0 aromatic heterocycles. The van der Waals surface area contributed by atoms with Crippen LogP contribution < -0.4 is 9.47 Å². The molecule has 0 aliphatic rings. The van der Waals surface area contributed by atoms with Crippen LogP contribution in [0.3, 0.4) is 0 Å². The summed E-state index contributed by atoms with van der Waals surface area (Å²) in [6.45, 7) is -0.211. The van der Waals surface area contributed by atoms with E-state index in [9.17, 15) is 9.18 Å². The lowest BCUT2D eigenvalue weighted by Gasteiger charge is -2.06. The number of carbonyl (C=O) groups is 1. The molecule has 4 nitrogen and oxygen atoms in total. The first-order valence-corrected chi connectivity index (χ1v) is 6.13. The average Bonchev–Trinajstić information content (AvgIpc) is 2.52. The summed E-state index contributed by atoms with van der Waals surface area (Å²) in [5.41, 5.74) is 0.411. The molecule has 0 bridgehead atoms. The van der Waals surface area contributed by atoms with Crippen molar-refractivity contribution in [3.05, 3.63) is 59.4 Å². The molecule has 0 N–H and O–H groups in total. The number of Topliss-reactive ketones (excluding diaryl/α,β-unsaturated/α-hetero) is 1. The maximum absolute atomic E-state index is 13.4. The predicted molar refractivity (Wildman–Crippen MR) is 73.9 cm³/mol. The fourth-order valence-electron chi connectivity index (χ4n) is 1.69. The van der Waals surface area contributed by atoms with Gasteiger partial charge in [0.2, 0.25) is 0 Å². The highest BCUT2D eigenvalue weighted by molar-refractivity contribution is 5.97. The lowest BCUT2D eigenvalue weighted by molar-refractivity contribution is 0.0921. The van der Waals surface area contributed by atoms with Crippen molar-refractivity contribution in [3.63, 3.8) is 0 Å². The van der Waals surface area contributed by atoms with E-state index in [2.05, 4.69) is 0 Å². The van der Waals surface area contributed by atoms with Gasteiger partial charge in [0.15, 0.2) is 12.4 Å². The standard InChI is InChI=1S/C16H12FNO3/c1-20-13-5-2-11(3-6-13)16(19)10-21-14-7-4-12(9-18)15(17)8-14/h2-8H,10H2,1H3. The predicted octanol–water partition coefficient (Wildman–Crippen LogP) is 2.97. The van der Waals surface area contributed by atoms with E-state index in [4.69, 9.17) is 14.7 Å². The van der Waals surface area contributed by atoms with Crippen molar-refractivity contribution in [2.45, 2.75) is 0 Å². The minimum absolute atomic E-state index is 0.0659. The fourth-order valence-corrected chi connectivity index (χ4v) is 1.69. The van der Waals surface area contributed by atoms with Gasteiger partial charge in [0.1, 0.15) is 23.4 Å². The number of hydrogen-bond acceptors (Lipinski definition) is 4. The summed E-state index contributed by atoms with van der Waals surface area (Å²) in [6.07, 6.45) is 0. The minimum atomic E-state index is -0.674. The number of ether oxygens (including phenoxy) is 2. The Morgan fingerprint density at radius 1 is 1.19 bits per heavy atom. The molecule has 0 saturated carbocycles. The van der Waals surface area contributed by atoms with Crippen LogP contribution in [0, 0.1) is 17.1 Å². The number of rotatable bonds is 5. The zero-order valence-corrected chi connectivity index (χ0v) is 11.3. The molecule has 106 valence electrons. The van der Waals surface area contributed by atoms with Crippen LogP contribution in [0.5, 0.6) is 11.5 Å². The number of benzene rings is 2. The number of carbonyl (C=O) groups excluding carboxylic acids is 1. The molecule has 0 amide bonds. The van der Waals surface area contributed by atoms with Gasteiger partial charge < -0.3 is 9.47 Å². The molecule has 2 aromatic carbocycles. The van der Waals surface area contributed by atoms with Crippen LogP contribution in [0.25, 0.3) is 0 Å². The van der Waals surface area contributed by atoms with Gasteiger partial charge >= 0.3 is 0 Å². The molecule has 5 heteroatoms. The van der Waals surface area contributed by atoms with Crippen molar-refractivity contribution in [1.29, 1.82) is 5.26 Å². The summed E-state index contributed by atoms with van der Waals surface area (Å²) < 4.78 is 23.6. The van der Waals surface area contributed by atoms with Crippen LogP contribution >= 0.6 is 0 Å². The first-order valence-electron chi connectivity index (χ1n) is 6.13. The molecule has 0 fully saturated rings. The molecule has 0 spiro atoms. The lowest BCUT2D eigenvalue weighted by Crippen LogP contribution is -2.11. The van der Waals surface area contributed by atoms with Crippen molar-refractivity contribution < 1.29 is 18.7 Å². The second-order valence-electron chi connectivity index (χ2n) is 4.19. The van der Waals surface area contributed by atoms with Crippen molar-refractivity contribution in [3.8, 4) is 17.6 Å². The Kier molecular flexibility index (Phi) is 4.52. The molecule has 0 aliphatic carbocycles. The third kappa shape index (κ3) is 3.57. The third-order valence-corrected chi connectivity index (χ3v) is 2.84. The maximum atomic E-state index is 13.4. The summed E-state index contributed by atoms with van der Waals surface area (Å²) in [6, 6.07) is 12.2. The molecule has 0 heterocycles. The largest absolute Gasteiger partial charge is 0.497 e. The van der Waals surface area contributed by atoms with E-state index < -0.39 is 5.82 Å². The quantitative estimate of drug-likeness (QED) is 0.792. The topological polar surface area (TPSA) is 59.3 Å². The highest BCUT2D eigenvalue weighted by Crippen LogP contribution is 2.17. The molecule has 0 radical (unpaired) electrons. The Hall–Kier alpha value is -2.87. The van der Waals surface area contributed by atoms with Gasteiger partial charge in [0.05, 0.1) is 12.7 Å². The molecular weight excluding hydrogens is 273 g/mol. The Labute approximate surface area is 121 Å². The Morgan fingerprint density at radius 3 is 2.43 bits per heavy atom. The normalized spacial score (nSPS) is 9.76. The van der Waals surface area contributed by atoms with E-state index in [1.807, 2.05) is 0 Å². The van der Waals surface area contributed by atoms with Crippen LogP contribution in [0.2, 0.25) is 0 Å². The smallest absolute Gasteiger partial charge is 0.200 e. The highest BCUT2D eigenvalue weighted by atomic mass is 19.1. The van der Waals surface area contributed by atoms with Crippen LogP contribution in [0.4, 0.5) is 4.39 Å². The van der Waals surface area contributed by atoms with E-state index in [-0.39, 0.29) is 23.7 Å². The van der Waals surface area contributed by atoms with Crippen molar-refractivity contribution >= 4 is 5.78 Å². The summed E-state index contributed by atoms with van der Waals surface area (Å²) in [4.78, 5) is 11.9. The first kappa shape index (κ1) is 14.5. The van der Waals surface area contributed by atoms with Crippen molar-refractivity contribution in [2.24, 2.45) is 0 Å². The summed E-state index contributed by atoms with van der Waals surface area (Å²) in [5, 5.41) is 8.62. The van der Waals surface area contributed by atoms with E-state index in [1.54, 1.807) is 37.4 Å². The molecular formula is C16H12FNO3. The Bertz CT molecular complexity index is 690. The van der Waals surface area contributed by atoms with Crippen molar-refractivity contribution in [1.82, 2.24) is 0 Å². The summed E-state index contributed by atoms with van der Waals surface area (Å²) in [7, 11) is 1.54. The molecule has 2 rings (SSSR count). The van der Waals surface area contributed by atoms with Gasteiger partial charge in [-0.2, -0.15) is 5.26 Å². The van der Waals surface area contributed by atoms with E-state index in [0.29, 0.717) is 11.3 Å². The SMILES string of the molecule is COc1ccc(C(=O)COc2ccc(C#N)c(F)c2)cc1. The average molecular weight is 285 g/mol. The Morgan fingerprint density at radius 2 is 1.86 bits per heavy atom. The number of methoxy groups -OCH3 is 1. The summed E-state index contributed by atoms with van der Waals surface area (Å²) in [5.74, 6) is -0.0516. The monoisotopic (exact) mass is 285 g/mol. The molecule has 0 atom stereocenters. The Balaban J connectivity index is 2.00. The first-order chi connectivity index (χ1) is 10.1. The summed E-state index contributed by atoms with van der Waals surface area (Å²) >= 11 is 0. The molecule has 0 aliphatic heterocycles. The van der Waals surface area contributed by atoms with Gasteiger partial charge in [0, 0.05) is 11.6 Å². The van der Waals surface area contributed by atoms with Crippen LogP contribution in [-0.2, 0) is 0 Å². The van der Waals surface area contributed by atoms with Crippen LogP contribution in [0.1, 0.15) is 15.9 Å². The lowest BCUT2D eigenvalue weighted by atomic mass is 10.1. The van der Waals surface area contributed by atoms with Gasteiger partial charge in [-0.05, 0) is 36.4 Å². The van der Waals surface area contributed by atoms with Crippen LogP contribution in [0.15, 0.2) is 42.5 Å². The van der Waals surface area contributed by atoms with Gasteiger partial charge in [-0.25, -0.2) is 4.39 Å². The van der Waals surface area contributed by atoms with Gasteiger partial charge in [-0.1, -0.05) is 0 Å². The third-order valence-electron chi connectivity index (χ3n) is 2.84. The van der Waals surface area contributed by atoms with Crippen LogP contribution in [-0.4, -0.2) is 19.5 Å². The van der Waals surface area contributed by atoms with Gasteiger partial charge in [0.25, 0.3) is 0 Å². The van der Waals surface area contributed by atoms with E-state index >= 15 is 0 Å². The van der Waals surface area contributed by atoms with E-state index in [1.165, 1.54) is 12.1 Å². The maximum Gasteiger partial charge on any atom is 0.200 e. The fraction of sp³-hybridized carbons (Fsp3) is 0.125. The number of nitriles is 1. The zero-order chi connectivity index (χ0) is 15.2. The van der Waals surface area contributed by atoms with Gasteiger partial charge in [-0.15, -0.1) is 0 Å². The molecule has 2 aromatic rings. The second-order valence-corrected chi connectivity index (χ2v) is 4.19. The zero-order valence-electron chi connectivity index (χ0n) is 11.3. The van der Waals surface area contributed by atoms with Gasteiger partial charge in [-0.3, -0.25) is 4.79 Å². The molecule has 21 heavy (non-hydrogen) atoms. The van der Waals surface area contributed by atoms with Crippen molar-refractivity contribution in [2.75, 3.05) is 13.7 Å². The molecule has 0 unspecified atom stereocenters. The number of ketones is 1. The minimum Gasteiger partial charge on any atom is -0.497 e. The number of halogens is 1. The molecule has 0 saturated heterocycles. The van der Waals surface area contributed by atoms with E-state index in [0.717, 1.165) is 6.07 Å².